The van der Waals surface area contributed by atoms with E-state index in [1.54, 1.807) is 0 Å². The molecule has 2 N–H and O–H groups in total. The average Bonchev–Trinajstić information content (AvgIpc) is 2.95. The van der Waals surface area contributed by atoms with Gasteiger partial charge in [0.05, 0.1) is 23.9 Å². The monoisotopic (exact) mass is 345 g/mol. The van der Waals surface area contributed by atoms with Crippen LogP contribution in [-0.2, 0) is 11.2 Å². The minimum atomic E-state index is -0.687. The summed E-state index contributed by atoms with van der Waals surface area (Å²) >= 11 is 0. The Balaban J connectivity index is 1.56. The molecule has 1 amide bonds. The molecule has 0 radical (unpaired) electrons. The number of carbonyl (C=O) groups is 1. The van der Waals surface area contributed by atoms with Crippen molar-refractivity contribution in [3.05, 3.63) is 35.4 Å². The fraction of sp³-hybridized carbons (Fsp3) is 0.667. The van der Waals surface area contributed by atoms with Gasteiger partial charge < -0.3 is 15.2 Å². The van der Waals surface area contributed by atoms with Crippen LogP contribution in [-0.4, -0.2) is 34.9 Å². The van der Waals surface area contributed by atoms with Crippen LogP contribution in [0.15, 0.2) is 24.3 Å². The Morgan fingerprint density at radius 3 is 2.80 bits per heavy atom. The molecule has 1 aromatic carbocycles. The van der Waals surface area contributed by atoms with E-state index in [-0.39, 0.29) is 17.6 Å². The number of benzene rings is 1. The molecule has 25 heavy (non-hydrogen) atoms. The normalized spacial score (nSPS) is 22.9. The Hall–Kier alpha value is -1.39. The largest absolute Gasteiger partial charge is 0.390 e. The third-order valence-corrected chi connectivity index (χ3v) is 5.52. The van der Waals surface area contributed by atoms with Crippen molar-refractivity contribution in [3.63, 3.8) is 0 Å². The highest BCUT2D eigenvalue weighted by atomic mass is 16.5. The molecule has 1 saturated heterocycles. The fourth-order valence-corrected chi connectivity index (χ4v) is 4.07. The van der Waals surface area contributed by atoms with E-state index in [9.17, 15) is 9.90 Å². The number of ether oxygens (including phenoxy) is 1. The van der Waals surface area contributed by atoms with Gasteiger partial charge in [0.2, 0.25) is 0 Å². The van der Waals surface area contributed by atoms with Gasteiger partial charge in [-0.05, 0) is 63.6 Å². The number of hydrogen-bond acceptors (Lipinski definition) is 3. The van der Waals surface area contributed by atoms with Crippen LogP contribution in [0.5, 0.6) is 0 Å². The highest BCUT2D eigenvalue weighted by molar-refractivity contribution is 5.94. The number of aryl methyl sites for hydroxylation is 1. The smallest absolute Gasteiger partial charge is 0.251 e. The molecule has 1 saturated carbocycles. The van der Waals surface area contributed by atoms with Gasteiger partial charge in [0.15, 0.2) is 0 Å². The van der Waals surface area contributed by atoms with Crippen LogP contribution in [0.1, 0.15) is 74.7 Å². The summed E-state index contributed by atoms with van der Waals surface area (Å²) in [5.74, 6) is -0.0217. The molecule has 3 rings (SSSR count). The van der Waals surface area contributed by atoms with Gasteiger partial charge in [-0.2, -0.15) is 0 Å². The van der Waals surface area contributed by atoms with Crippen molar-refractivity contribution in [2.24, 2.45) is 0 Å². The van der Waals surface area contributed by atoms with Crippen molar-refractivity contribution in [3.8, 4) is 0 Å². The maximum atomic E-state index is 12.6. The molecular formula is C21H31NO3. The molecular weight excluding hydrogens is 314 g/mol. The lowest BCUT2D eigenvalue weighted by Crippen LogP contribution is -2.37. The maximum absolute atomic E-state index is 12.6. The molecule has 0 unspecified atom stereocenters. The number of aliphatic hydroxyl groups is 1. The number of hydrogen-bond donors (Lipinski definition) is 2. The molecule has 1 aliphatic heterocycles. The topological polar surface area (TPSA) is 58.6 Å². The summed E-state index contributed by atoms with van der Waals surface area (Å²) in [6.07, 6.45) is 8.43. The summed E-state index contributed by atoms with van der Waals surface area (Å²) in [6, 6.07) is 7.84. The van der Waals surface area contributed by atoms with E-state index in [2.05, 4.69) is 5.32 Å². The van der Waals surface area contributed by atoms with Gasteiger partial charge in [-0.15, -0.1) is 0 Å². The molecule has 138 valence electrons. The standard InChI is InChI=1S/C21H31NO3/c1-20(2,24)12-9-16-7-6-8-17(13-16)19(23)22-18-14-21(25-15-18)10-4-3-5-11-21/h6-8,13,18,24H,3-5,9-12,14-15H2,1-2H3,(H,22,23)/t18-/m0/s1. The van der Waals surface area contributed by atoms with Gasteiger partial charge in [-0.3, -0.25) is 4.79 Å². The van der Waals surface area contributed by atoms with Crippen LogP contribution in [0.3, 0.4) is 0 Å². The van der Waals surface area contributed by atoms with Crippen molar-refractivity contribution >= 4 is 5.91 Å². The highest BCUT2D eigenvalue weighted by Gasteiger charge is 2.41. The van der Waals surface area contributed by atoms with Gasteiger partial charge in [-0.25, -0.2) is 0 Å². The predicted octanol–water partition coefficient (Wildman–Crippen LogP) is 3.61. The molecule has 1 aromatic rings. The van der Waals surface area contributed by atoms with Gasteiger partial charge in [0, 0.05) is 5.56 Å². The second-order valence-corrected chi connectivity index (χ2v) is 8.44. The molecule has 1 atom stereocenters. The van der Waals surface area contributed by atoms with Gasteiger partial charge in [0.1, 0.15) is 0 Å². The first-order valence-electron chi connectivity index (χ1n) is 9.61. The number of nitrogens with one attached hydrogen (secondary N) is 1. The molecule has 2 aliphatic rings. The minimum Gasteiger partial charge on any atom is -0.390 e. The molecule has 1 spiro atoms. The second-order valence-electron chi connectivity index (χ2n) is 8.44. The van der Waals surface area contributed by atoms with Crippen molar-refractivity contribution in [1.82, 2.24) is 5.32 Å². The molecule has 2 fully saturated rings. The Kier molecular flexibility index (Phi) is 5.49. The summed E-state index contributed by atoms with van der Waals surface area (Å²) < 4.78 is 6.09. The summed E-state index contributed by atoms with van der Waals surface area (Å²) in [4.78, 5) is 12.6. The third kappa shape index (κ3) is 5.05. The molecule has 0 bridgehead atoms. The number of amides is 1. The number of carbonyl (C=O) groups excluding carboxylic acids is 1. The molecule has 4 nitrogen and oxygen atoms in total. The maximum Gasteiger partial charge on any atom is 0.251 e. The Labute approximate surface area is 151 Å². The van der Waals surface area contributed by atoms with Crippen LogP contribution >= 0.6 is 0 Å². The van der Waals surface area contributed by atoms with Crippen LogP contribution in [0.25, 0.3) is 0 Å². The Morgan fingerprint density at radius 2 is 2.08 bits per heavy atom. The van der Waals surface area contributed by atoms with E-state index in [4.69, 9.17) is 4.74 Å². The minimum absolute atomic E-state index is 0.0186. The second kappa shape index (κ2) is 7.46. The van der Waals surface area contributed by atoms with E-state index in [1.165, 1.54) is 19.3 Å². The van der Waals surface area contributed by atoms with Gasteiger partial charge in [-0.1, -0.05) is 31.4 Å². The quantitative estimate of drug-likeness (QED) is 0.857. The van der Waals surface area contributed by atoms with Crippen molar-refractivity contribution in [2.45, 2.75) is 82.5 Å². The molecule has 0 aromatic heterocycles. The first-order chi connectivity index (χ1) is 11.9. The summed E-state index contributed by atoms with van der Waals surface area (Å²) in [5.41, 5.74) is 1.11. The van der Waals surface area contributed by atoms with E-state index in [0.717, 1.165) is 31.2 Å². The molecule has 1 aliphatic carbocycles. The summed E-state index contributed by atoms with van der Waals surface area (Å²) in [5, 5.41) is 13.0. The average molecular weight is 345 g/mol. The Morgan fingerprint density at radius 1 is 1.32 bits per heavy atom. The first-order valence-corrected chi connectivity index (χ1v) is 9.61. The first kappa shape index (κ1) is 18.4. The molecule has 1 heterocycles. The summed E-state index contributed by atoms with van der Waals surface area (Å²) in [7, 11) is 0. The lowest BCUT2D eigenvalue weighted by molar-refractivity contribution is -0.0246. The van der Waals surface area contributed by atoms with Crippen LogP contribution in [0.2, 0.25) is 0 Å². The lowest BCUT2D eigenvalue weighted by atomic mass is 9.82. The van der Waals surface area contributed by atoms with Crippen molar-refractivity contribution < 1.29 is 14.6 Å². The number of rotatable bonds is 5. The fourth-order valence-electron chi connectivity index (χ4n) is 4.07. The Bertz CT molecular complexity index is 599. The van der Waals surface area contributed by atoms with E-state index >= 15 is 0 Å². The zero-order chi connectivity index (χ0) is 17.9. The van der Waals surface area contributed by atoms with Crippen molar-refractivity contribution in [1.29, 1.82) is 0 Å². The zero-order valence-corrected chi connectivity index (χ0v) is 15.5. The van der Waals surface area contributed by atoms with Gasteiger partial charge in [0.25, 0.3) is 5.91 Å². The van der Waals surface area contributed by atoms with E-state index < -0.39 is 5.60 Å². The molecule has 4 heteroatoms. The SMILES string of the molecule is CC(C)(O)CCc1cccc(C(=O)N[C@@H]2COC3(CCCCC3)C2)c1. The van der Waals surface area contributed by atoms with Crippen molar-refractivity contribution in [2.75, 3.05) is 6.61 Å². The van der Waals surface area contributed by atoms with Crippen LogP contribution < -0.4 is 5.32 Å². The predicted molar refractivity (Wildman–Crippen MR) is 98.7 cm³/mol. The highest BCUT2D eigenvalue weighted by Crippen LogP contribution is 2.39. The van der Waals surface area contributed by atoms with Crippen LogP contribution in [0.4, 0.5) is 0 Å². The van der Waals surface area contributed by atoms with Crippen LogP contribution in [0, 0.1) is 0 Å². The zero-order valence-electron chi connectivity index (χ0n) is 15.5. The van der Waals surface area contributed by atoms with E-state index in [0.29, 0.717) is 18.6 Å². The van der Waals surface area contributed by atoms with E-state index in [1.807, 2.05) is 38.1 Å². The van der Waals surface area contributed by atoms with Gasteiger partial charge >= 0.3 is 0 Å². The summed E-state index contributed by atoms with van der Waals surface area (Å²) in [6.45, 7) is 4.25. The lowest BCUT2D eigenvalue weighted by Gasteiger charge is -2.32. The third-order valence-electron chi connectivity index (χ3n) is 5.52.